The third kappa shape index (κ3) is 4.34. The molecule has 0 bridgehead atoms. The van der Waals surface area contributed by atoms with E-state index in [4.69, 9.17) is 4.42 Å². The van der Waals surface area contributed by atoms with Gasteiger partial charge in [0, 0.05) is 31.1 Å². The minimum absolute atomic E-state index is 0.0133. The maximum atomic E-state index is 12.5. The Balaban J connectivity index is 1.58. The molecule has 7 heteroatoms. The van der Waals surface area contributed by atoms with E-state index in [-0.39, 0.29) is 16.8 Å². The molecule has 1 amide bonds. The minimum Gasteiger partial charge on any atom is -0.469 e. The van der Waals surface area contributed by atoms with Crippen molar-refractivity contribution >= 4 is 15.9 Å². The summed E-state index contributed by atoms with van der Waals surface area (Å²) in [5.74, 6) is 0.685. The van der Waals surface area contributed by atoms with Crippen LogP contribution in [-0.4, -0.2) is 37.8 Å². The molecule has 3 rings (SSSR count). The highest BCUT2D eigenvalue weighted by Crippen LogP contribution is 2.21. The van der Waals surface area contributed by atoms with Crippen molar-refractivity contribution in [1.82, 2.24) is 9.62 Å². The van der Waals surface area contributed by atoms with Crippen molar-refractivity contribution < 1.29 is 17.6 Å². The molecule has 1 fully saturated rings. The molecule has 1 aliphatic heterocycles. The zero-order valence-electron chi connectivity index (χ0n) is 14.8. The molecule has 0 aliphatic carbocycles. The Bertz CT molecular complexity index is 823. The van der Waals surface area contributed by atoms with E-state index in [1.165, 1.54) is 16.4 Å². The average molecular weight is 376 g/mol. The van der Waals surface area contributed by atoms with Gasteiger partial charge in [-0.3, -0.25) is 4.79 Å². The number of furan rings is 1. The fourth-order valence-corrected chi connectivity index (χ4v) is 4.57. The predicted molar refractivity (Wildman–Crippen MR) is 98.4 cm³/mol. The lowest BCUT2D eigenvalue weighted by Crippen LogP contribution is -2.33. The lowest BCUT2D eigenvalue weighted by molar-refractivity contribution is 0.0938. The zero-order chi connectivity index (χ0) is 18.6. The molecule has 6 nitrogen and oxygen atoms in total. The van der Waals surface area contributed by atoms with E-state index in [0.29, 0.717) is 18.7 Å². The molecule has 26 heavy (non-hydrogen) atoms. The van der Waals surface area contributed by atoms with E-state index >= 15 is 0 Å². The second kappa shape index (κ2) is 8.05. The van der Waals surface area contributed by atoms with E-state index < -0.39 is 10.0 Å². The van der Waals surface area contributed by atoms with Crippen LogP contribution in [0.15, 0.2) is 52.0 Å². The molecule has 1 aliphatic rings. The maximum absolute atomic E-state index is 12.5. The van der Waals surface area contributed by atoms with Gasteiger partial charge in [0.2, 0.25) is 10.0 Å². The number of benzene rings is 1. The molecule has 2 aromatic rings. The summed E-state index contributed by atoms with van der Waals surface area (Å²) in [6, 6.07) is 9.90. The number of sulfonamides is 1. The molecular formula is C19H24N2O4S. The molecule has 1 aromatic carbocycles. The molecule has 0 unspecified atom stereocenters. The minimum atomic E-state index is -3.45. The number of rotatable bonds is 7. The number of hydrogen-bond acceptors (Lipinski definition) is 4. The van der Waals surface area contributed by atoms with Crippen LogP contribution in [0.1, 0.15) is 42.3 Å². The van der Waals surface area contributed by atoms with Gasteiger partial charge >= 0.3 is 0 Å². The van der Waals surface area contributed by atoms with Crippen LogP contribution >= 0.6 is 0 Å². The van der Waals surface area contributed by atoms with Gasteiger partial charge in [0.1, 0.15) is 5.76 Å². The highest BCUT2D eigenvalue weighted by Gasteiger charge is 2.27. The average Bonchev–Trinajstić information content (AvgIpc) is 3.34. The first-order chi connectivity index (χ1) is 12.5. The van der Waals surface area contributed by atoms with Crippen LogP contribution in [0.2, 0.25) is 0 Å². The zero-order valence-corrected chi connectivity index (χ0v) is 15.7. The van der Waals surface area contributed by atoms with Crippen LogP contribution in [0.3, 0.4) is 0 Å². The summed E-state index contributed by atoms with van der Waals surface area (Å²) in [4.78, 5) is 12.6. The lowest BCUT2D eigenvalue weighted by atomic mass is 10.1. The largest absolute Gasteiger partial charge is 0.469 e. The first-order valence-electron chi connectivity index (χ1n) is 8.90. The Morgan fingerprint density at radius 3 is 2.50 bits per heavy atom. The van der Waals surface area contributed by atoms with Gasteiger partial charge in [-0.25, -0.2) is 8.42 Å². The van der Waals surface area contributed by atoms with Gasteiger partial charge in [0.05, 0.1) is 11.2 Å². The van der Waals surface area contributed by atoms with Crippen molar-refractivity contribution in [3.05, 3.63) is 54.0 Å². The van der Waals surface area contributed by atoms with E-state index in [1.807, 2.05) is 19.1 Å². The van der Waals surface area contributed by atoms with Gasteiger partial charge < -0.3 is 9.73 Å². The number of nitrogens with zero attached hydrogens (tertiary/aromatic N) is 1. The van der Waals surface area contributed by atoms with Crippen LogP contribution in [0.4, 0.5) is 0 Å². The highest BCUT2D eigenvalue weighted by atomic mass is 32.2. The van der Waals surface area contributed by atoms with Crippen molar-refractivity contribution in [3.8, 4) is 0 Å². The number of aryl methyl sites for hydroxylation is 1. The van der Waals surface area contributed by atoms with Gasteiger partial charge in [-0.1, -0.05) is 0 Å². The number of amides is 1. The maximum Gasteiger partial charge on any atom is 0.251 e. The Kier molecular flexibility index (Phi) is 5.78. The predicted octanol–water partition coefficient (Wildman–Crippen LogP) is 2.82. The number of carbonyl (C=O) groups is 1. The van der Waals surface area contributed by atoms with Crippen molar-refractivity contribution in [2.45, 2.75) is 43.5 Å². The fourth-order valence-electron chi connectivity index (χ4n) is 3.05. The summed E-state index contributed by atoms with van der Waals surface area (Å²) in [6.45, 7) is 3.07. The van der Waals surface area contributed by atoms with Crippen molar-refractivity contribution in [1.29, 1.82) is 0 Å². The highest BCUT2D eigenvalue weighted by molar-refractivity contribution is 7.89. The second-order valence-corrected chi connectivity index (χ2v) is 8.57. The molecule has 2 heterocycles. The molecule has 0 saturated carbocycles. The quantitative estimate of drug-likeness (QED) is 0.806. The normalized spacial score (nSPS) is 16.5. The standard InChI is InChI=1S/C19H24N2O4S/c1-15(6-9-17-5-4-14-25-17)20-19(22)16-7-10-18(11-8-16)26(23,24)21-12-2-3-13-21/h4-5,7-8,10-11,14-15H,2-3,6,9,12-13H2,1H3,(H,20,22)/t15-/m0/s1. The monoisotopic (exact) mass is 376 g/mol. The van der Waals surface area contributed by atoms with Gasteiger partial charge in [-0.15, -0.1) is 0 Å². The van der Waals surface area contributed by atoms with Crippen molar-refractivity contribution in [3.63, 3.8) is 0 Å². The van der Waals surface area contributed by atoms with E-state index in [0.717, 1.165) is 31.4 Å². The molecule has 1 N–H and O–H groups in total. The topological polar surface area (TPSA) is 79.6 Å². The first kappa shape index (κ1) is 18.7. The fraction of sp³-hybridized carbons (Fsp3) is 0.421. The SMILES string of the molecule is C[C@@H](CCc1ccco1)NC(=O)c1ccc(S(=O)(=O)N2CCCC2)cc1. The molecule has 1 aromatic heterocycles. The summed E-state index contributed by atoms with van der Waals surface area (Å²) in [7, 11) is -3.45. The third-order valence-electron chi connectivity index (χ3n) is 4.60. The molecule has 0 radical (unpaired) electrons. The smallest absolute Gasteiger partial charge is 0.251 e. The Labute approximate surface area is 154 Å². The summed E-state index contributed by atoms with van der Waals surface area (Å²) < 4.78 is 31.8. The molecular weight excluding hydrogens is 352 g/mol. The lowest BCUT2D eigenvalue weighted by Gasteiger charge is -2.16. The number of carbonyl (C=O) groups excluding carboxylic acids is 1. The summed E-state index contributed by atoms with van der Waals surface area (Å²) >= 11 is 0. The van der Waals surface area contributed by atoms with Gasteiger partial charge in [-0.2, -0.15) is 4.31 Å². The van der Waals surface area contributed by atoms with Gasteiger partial charge in [0.25, 0.3) is 5.91 Å². The van der Waals surface area contributed by atoms with E-state index in [9.17, 15) is 13.2 Å². The van der Waals surface area contributed by atoms with E-state index in [2.05, 4.69) is 5.32 Å². The Morgan fingerprint density at radius 1 is 1.19 bits per heavy atom. The number of hydrogen-bond donors (Lipinski definition) is 1. The van der Waals surface area contributed by atoms with Crippen LogP contribution in [-0.2, 0) is 16.4 Å². The van der Waals surface area contributed by atoms with E-state index in [1.54, 1.807) is 18.4 Å². The van der Waals surface area contributed by atoms with Crippen LogP contribution in [0.25, 0.3) is 0 Å². The summed E-state index contributed by atoms with van der Waals surface area (Å²) in [6.07, 6.45) is 4.95. The third-order valence-corrected chi connectivity index (χ3v) is 6.51. The van der Waals surface area contributed by atoms with Crippen LogP contribution in [0, 0.1) is 0 Å². The van der Waals surface area contributed by atoms with Gasteiger partial charge in [0.15, 0.2) is 0 Å². The molecule has 1 atom stereocenters. The summed E-state index contributed by atoms with van der Waals surface area (Å²) in [5, 5.41) is 2.93. The van der Waals surface area contributed by atoms with Crippen molar-refractivity contribution in [2.75, 3.05) is 13.1 Å². The Hall–Kier alpha value is -2.12. The van der Waals surface area contributed by atoms with Gasteiger partial charge in [-0.05, 0) is 62.6 Å². The number of nitrogens with one attached hydrogen (secondary N) is 1. The molecule has 1 saturated heterocycles. The second-order valence-electron chi connectivity index (χ2n) is 6.63. The Morgan fingerprint density at radius 2 is 1.88 bits per heavy atom. The summed E-state index contributed by atoms with van der Waals surface area (Å²) in [5.41, 5.74) is 0.454. The molecule has 0 spiro atoms. The van der Waals surface area contributed by atoms with Crippen LogP contribution in [0.5, 0.6) is 0 Å². The molecule has 140 valence electrons. The van der Waals surface area contributed by atoms with Crippen LogP contribution < -0.4 is 5.32 Å². The first-order valence-corrected chi connectivity index (χ1v) is 10.3. The van der Waals surface area contributed by atoms with Crippen molar-refractivity contribution in [2.24, 2.45) is 0 Å².